The van der Waals surface area contributed by atoms with Gasteiger partial charge in [-0.3, -0.25) is 0 Å². The molecule has 2 aromatic carbocycles. The third kappa shape index (κ3) is 17.5. The molecular weight excluding hydrogens is 685 g/mol. The summed E-state index contributed by atoms with van der Waals surface area (Å²) >= 11 is 13.1. The fraction of sp³-hybridized carbons (Fsp3) is 0.636. The zero-order valence-electron chi connectivity index (χ0n) is 27.0. The molecule has 0 aliphatic rings. The van der Waals surface area contributed by atoms with Crippen LogP contribution in [0, 0.1) is 0 Å². The van der Waals surface area contributed by atoms with Crippen LogP contribution >= 0.6 is 82.3 Å². The van der Waals surface area contributed by atoms with Gasteiger partial charge >= 0.3 is 0 Å². The topological polar surface area (TPSA) is 58.9 Å². The third-order valence-electron chi connectivity index (χ3n) is 6.64. The van der Waals surface area contributed by atoms with Gasteiger partial charge in [-0.1, -0.05) is 38.1 Å². The Morgan fingerprint density at radius 3 is 1.84 bits per heavy atom. The first kappa shape index (κ1) is 40.6. The molecule has 2 unspecified atom stereocenters. The number of hydrogen-bond acceptors (Lipinski definition) is 11. The second kappa shape index (κ2) is 23.7. The Hall–Kier alpha value is 0.410. The average Bonchev–Trinajstić information content (AvgIpc) is 3.02. The SMILES string of the molecule is CSCCSCCSCCSC(C)(O)COc1cccc(C(C)(C)c2ccc(OCC(O)CSCCSCCSC)cc2)c1. The van der Waals surface area contributed by atoms with Crippen LogP contribution in [0.3, 0.4) is 0 Å². The maximum atomic E-state index is 10.9. The second-order valence-corrected chi connectivity index (χ2v) is 19.2. The Morgan fingerprint density at radius 1 is 0.659 bits per heavy atom. The lowest BCUT2D eigenvalue weighted by molar-refractivity contribution is 0.0923. The molecule has 0 amide bonds. The van der Waals surface area contributed by atoms with Crippen molar-refractivity contribution in [3.05, 3.63) is 59.7 Å². The Morgan fingerprint density at radius 2 is 1.23 bits per heavy atom. The van der Waals surface area contributed by atoms with E-state index in [1.54, 1.807) is 23.5 Å². The first-order chi connectivity index (χ1) is 21.2. The molecule has 2 aromatic rings. The van der Waals surface area contributed by atoms with Crippen LogP contribution in [0.4, 0.5) is 0 Å². The molecule has 2 atom stereocenters. The summed E-state index contributed by atoms with van der Waals surface area (Å²) in [6.07, 6.45) is 3.82. The molecule has 0 aliphatic carbocycles. The first-order valence-corrected chi connectivity index (χ1v) is 23.4. The number of thioether (sulfide) groups is 7. The summed E-state index contributed by atoms with van der Waals surface area (Å²) in [5.74, 6) is 13.5. The molecule has 0 heterocycles. The summed E-state index contributed by atoms with van der Waals surface area (Å²) in [5, 5.41) is 21.2. The molecule has 44 heavy (non-hydrogen) atoms. The molecule has 2 N–H and O–H groups in total. The minimum Gasteiger partial charge on any atom is -0.491 e. The normalized spacial score (nSPS) is 13.9. The zero-order chi connectivity index (χ0) is 32.1. The van der Waals surface area contributed by atoms with E-state index in [1.807, 2.05) is 90.0 Å². The Balaban J connectivity index is 1.76. The third-order valence-corrected chi connectivity index (χ3v) is 14.4. The maximum absolute atomic E-state index is 10.9. The van der Waals surface area contributed by atoms with Crippen molar-refractivity contribution in [3.63, 3.8) is 0 Å². The van der Waals surface area contributed by atoms with Crippen molar-refractivity contribution < 1.29 is 19.7 Å². The van der Waals surface area contributed by atoms with Crippen molar-refractivity contribution in [1.29, 1.82) is 0 Å². The highest BCUT2D eigenvalue weighted by Gasteiger charge is 2.25. The average molecular weight is 737 g/mol. The predicted molar refractivity (Wildman–Crippen MR) is 211 cm³/mol. The number of rotatable bonds is 26. The Bertz CT molecular complexity index is 1010. The summed E-state index contributed by atoms with van der Waals surface area (Å²) in [6.45, 7) is 6.78. The van der Waals surface area contributed by atoms with Crippen LogP contribution in [0.15, 0.2) is 48.5 Å². The van der Waals surface area contributed by atoms with E-state index in [0.717, 1.165) is 45.8 Å². The van der Waals surface area contributed by atoms with Gasteiger partial charge in [0.1, 0.15) is 29.6 Å². The van der Waals surface area contributed by atoms with Gasteiger partial charge in [-0.25, -0.2) is 0 Å². The highest BCUT2D eigenvalue weighted by Crippen LogP contribution is 2.34. The van der Waals surface area contributed by atoms with Gasteiger partial charge in [-0.05, 0) is 54.8 Å². The van der Waals surface area contributed by atoms with Gasteiger partial charge in [0.15, 0.2) is 0 Å². The predicted octanol–water partition coefficient (Wildman–Crippen LogP) is 8.23. The van der Waals surface area contributed by atoms with E-state index in [1.165, 1.54) is 34.3 Å². The molecule has 0 saturated heterocycles. The lowest BCUT2D eigenvalue weighted by Gasteiger charge is -2.27. The summed E-state index contributed by atoms with van der Waals surface area (Å²) in [6, 6.07) is 16.3. The largest absolute Gasteiger partial charge is 0.491 e. The molecule has 4 nitrogen and oxygen atoms in total. The lowest BCUT2D eigenvalue weighted by Crippen LogP contribution is -2.29. The van der Waals surface area contributed by atoms with Crippen LogP contribution in [0.2, 0.25) is 0 Å². The quantitative estimate of drug-likeness (QED) is 0.0726. The van der Waals surface area contributed by atoms with Crippen molar-refractivity contribution in [2.24, 2.45) is 0 Å². The standard InChI is InChI=1S/C33H52O4S7/c1-32(2,27-9-11-30(12-10-27)36-24-29(34)25-43-20-19-41-16-14-39-5)28-7-6-8-31(23-28)37-26-33(3,35)44-22-21-42-18-17-40-15-13-38-4/h6-12,23,29,34-35H,13-22,24-26H2,1-5H3. The van der Waals surface area contributed by atoms with Crippen LogP contribution in [0.25, 0.3) is 0 Å². The molecule has 0 aliphatic heterocycles. The fourth-order valence-electron chi connectivity index (χ4n) is 3.97. The van der Waals surface area contributed by atoms with Crippen LogP contribution in [-0.2, 0) is 5.41 Å². The highest BCUT2D eigenvalue weighted by molar-refractivity contribution is 8.05. The molecule has 2 rings (SSSR count). The van der Waals surface area contributed by atoms with Gasteiger partial charge in [0.2, 0.25) is 0 Å². The summed E-state index contributed by atoms with van der Waals surface area (Å²) in [7, 11) is 0. The van der Waals surface area contributed by atoms with Gasteiger partial charge in [-0.2, -0.15) is 70.6 Å². The summed E-state index contributed by atoms with van der Waals surface area (Å²) < 4.78 is 12.0. The van der Waals surface area contributed by atoms with Crippen LogP contribution in [0.1, 0.15) is 31.9 Å². The second-order valence-electron chi connectivity index (χ2n) is 10.9. The van der Waals surface area contributed by atoms with Crippen LogP contribution in [-0.4, -0.2) is 110 Å². The van der Waals surface area contributed by atoms with E-state index < -0.39 is 11.0 Å². The van der Waals surface area contributed by atoms with Crippen molar-refractivity contribution >= 4 is 82.3 Å². The minimum atomic E-state index is -0.937. The fourth-order valence-corrected chi connectivity index (χ4v) is 10.7. The zero-order valence-corrected chi connectivity index (χ0v) is 32.7. The van der Waals surface area contributed by atoms with Gasteiger partial charge in [-0.15, -0.1) is 11.8 Å². The first-order valence-electron chi connectivity index (χ1n) is 15.0. The van der Waals surface area contributed by atoms with Gasteiger partial charge in [0.25, 0.3) is 0 Å². The minimum absolute atomic E-state index is 0.240. The molecule has 250 valence electrons. The van der Waals surface area contributed by atoms with Crippen molar-refractivity contribution in [1.82, 2.24) is 0 Å². The van der Waals surface area contributed by atoms with E-state index in [-0.39, 0.29) is 12.0 Å². The van der Waals surface area contributed by atoms with Crippen molar-refractivity contribution in [3.8, 4) is 11.5 Å². The van der Waals surface area contributed by atoms with E-state index in [2.05, 4.69) is 50.6 Å². The lowest BCUT2D eigenvalue weighted by atomic mass is 9.78. The van der Waals surface area contributed by atoms with E-state index in [0.29, 0.717) is 12.4 Å². The maximum Gasteiger partial charge on any atom is 0.141 e. The molecule has 0 radical (unpaired) electrons. The number of hydrogen-bond donors (Lipinski definition) is 2. The number of aliphatic hydroxyl groups excluding tert-OH is 1. The molecule has 0 aromatic heterocycles. The van der Waals surface area contributed by atoms with E-state index in [9.17, 15) is 10.2 Å². The Kier molecular flexibility index (Phi) is 21.9. The highest BCUT2D eigenvalue weighted by atomic mass is 32.2. The number of ether oxygens (including phenoxy) is 2. The molecule has 11 heteroatoms. The number of aliphatic hydroxyl groups is 2. The smallest absolute Gasteiger partial charge is 0.141 e. The van der Waals surface area contributed by atoms with Crippen molar-refractivity contribution in [2.75, 3.05) is 89.0 Å². The van der Waals surface area contributed by atoms with Crippen LogP contribution < -0.4 is 9.47 Å². The van der Waals surface area contributed by atoms with Crippen molar-refractivity contribution in [2.45, 2.75) is 37.2 Å². The molecule has 0 fully saturated rings. The summed E-state index contributed by atoms with van der Waals surface area (Å²) in [4.78, 5) is -0.937. The van der Waals surface area contributed by atoms with Gasteiger partial charge in [0, 0.05) is 68.7 Å². The number of benzene rings is 2. The van der Waals surface area contributed by atoms with Gasteiger partial charge < -0.3 is 19.7 Å². The van der Waals surface area contributed by atoms with Crippen LogP contribution in [0.5, 0.6) is 11.5 Å². The Labute approximate surface area is 297 Å². The molecule has 0 saturated carbocycles. The molecule has 0 bridgehead atoms. The molecular formula is C33H52O4S7. The van der Waals surface area contributed by atoms with E-state index >= 15 is 0 Å². The van der Waals surface area contributed by atoms with Gasteiger partial charge in [0.05, 0.1) is 6.10 Å². The van der Waals surface area contributed by atoms with E-state index in [4.69, 9.17) is 9.47 Å². The summed E-state index contributed by atoms with van der Waals surface area (Å²) in [5.41, 5.74) is 2.06. The monoisotopic (exact) mass is 736 g/mol. The molecule has 0 spiro atoms.